The minimum Gasteiger partial charge on any atom is -0.491 e. The number of carbonyl (C=O) groups excluding carboxylic acids is 1. The Hall–Kier alpha value is -3.20. The van der Waals surface area contributed by atoms with Crippen LogP contribution in [0.2, 0.25) is 0 Å². The molecule has 1 aromatic carbocycles. The largest absolute Gasteiger partial charge is 0.491 e. The van der Waals surface area contributed by atoms with Crippen molar-refractivity contribution in [2.75, 3.05) is 26.9 Å². The first kappa shape index (κ1) is 23.9. The van der Waals surface area contributed by atoms with Gasteiger partial charge in [0.15, 0.2) is 5.82 Å². The van der Waals surface area contributed by atoms with Gasteiger partial charge in [0.05, 0.1) is 31.5 Å². The lowest BCUT2D eigenvalue weighted by Crippen LogP contribution is -2.37. The molecule has 34 heavy (non-hydrogen) atoms. The maximum absolute atomic E-state index is 15.8. The smallest absolute Gasteiger partial charge is 0.343 e. The lowest BCUT2D eigenvalue weighted by Gasteiger charge is -2.38. The molecule has 0 saturated carbocycles. The summed E-state index contributed by atoms with van der Waals surface area (Å²) in [5.41, 5.74) is -0.412. The fourth-order valence-corrected chi connectivity index (χ4v) is 4.38. The normalized spacial score (nSPS) is 15.2. The van der Waals surface area contributed by atoms with E-state index in [0.717, 1.165) is 6.42 Å². The summed E-state index contributed by atoms with van der Waals surface area (Å²) in [5, 5.41) is 5.43. The maximum atomic E-state index is 15.8. The van der Waals surface area contributed by atoms with Gasteiger partial charge in [-0.05, 0) is 18.4 Å². The van der Waals surface area contributed by atoms with Crippen molar-refractivity contribution < 1.29 is 23.4 Å². The molecular formula is C25H30FN3O5. The van der Waals surface area contributed by atoms with Crippen molar-refractivity contribution in [3.8, 4) is 17.1 Å². The Bertz CT molecular complexity index is 1290. The molecule has 0 spiro atoms. The van der Waals surface area contributed by atoms with E-state index in [-0.39, 0.29) is 29.3 Å². The lowest BCUT2D eigenvalue weighted by molar-refractivity contribution is 0.0521. The third-order valence-electron chi connectivity index (χ3n) is 6.06. The van der Waals surface area contributed by atoms with E-state index in [1.165, 1.54) is 6.20 Å². The third kappa shape index (κ3) is 4.09. The number of nitrogens with zero attached hydrogens (tertiary/aromatic N) is 3. The summed E-state index contributed by atoms with van der Waals surface area (Å²) in [5.74, 6) is -1.24. The Kier molecular flexibility index (Phi) is 6.49. The van der Waals surface area contributed by atoms with Gasteiger partial charge in [-0.25, -0.2) is 9.18 Å². The lowest BCUT2D eigenvalue weighted by atomic mass is 9.84. The number of ether oxygens (including phenoxy) is 3. The average Bonchev–Trinajstić information content (AvgIpc) is 3.17. The molecule has 1 unspecified atom stereocenters. The highest BCUT2D eigenvalue weighted by Gasteiger charge is 2.38. The van der Waals surface area contributed by atoms with Gasteiger partial charge in [0.2, 0.25) is 5.43 Å². The van der Waals surface area contributed by atoms with E-state index in [0.29, 0.717) is 42.1 Å². The number of hydrogen-bond donors (Lipinski definition) is 0. The number of esters is 1. The van der Waals surface area contributed by atoms with E-state index in [1.54, 1.807) is 23.3 Å². The topological polar surface area (TPSA) is 84.6 Å². The van der Waals surface area contributed by atoms with Crippen molar-refractivity contribution in [2.45, 2.75) is 46.7 Å². The average molecular weight is 472 g/mol. The molecule has 0 fully saturated rings. The highest BCUT2D eigenvalue weighted by atomic mass is 19.1. The van der Waals surface area contributed by atoms with Crippen LogP contribution in [0.3, 0.4) is 0 Å². The zero-order valence-electron chi connectivity index (χ0n) is 20.2. The van der Waals surface area contributed by atoms with Crippen molar-refractivity contribution >= 4 is 16.9 Å². The minimum absolute atomic E-state index is 0.0922. The molecule has 0 aliphatic carbocycles. The summed E-state index contributed by atoms with van der Waals surface area (Å²) in [6, 6.07) is 5.21. The summed E-state index contributed by atoms with van der Waals surface area (Å²) in [6.45, 7) is 9.28. The van der Waals surface area contributed by atoms with Crippen LogP contribution in [0, 0.1) is 11.2 Å². The second kappa shape index (κ2) is 9.21. The molecule has 8 nitrogen and oxygen atoms in total. The second-order valence-electron chi connectivity index (χ2n) is 9.42. The predicted molar refractivity (Wildman–Crippen MR) is 126 cm³/mol. The first-order valence-corrected chi connectivity index (χ1v) is 11.4. The van der Waals surface area contributed by atoms with Crippen molar-refractivity contribution in [1.29, 1.82) is 0 Å². The quantitative estimate of drug-likeness (QED) is 0.379. The summed E-state index contributed by atoms with van der Waals surface area (Å²) in [7, 11) is 1.64. The Morgan fingerprint density at radius 1 is 1.24 bits per heavy atom. The second-order valence-corrected chi connectivity index (χ2v) is 9.42. The molecule has 1 aliphatic rings. The zero-order chi connectivity index (χ0) is 24.6. The van der Waals surface area contributed by atoms with E-state index in [2.05, 4.69) is 0 Å². The summed E-state index contributed by atoms with van der Waals surface area (Å²) < 4.78 is 35.2. The minimum atomic E-state index is -0.992. The van der Waals surface area contributed by atoms with E-state index in [4.69, 9.17) is 19.3 Å². The van der Waals surface area contributed by atoms with Gasteiger partial charge < -0.3 is 18.8 Å². The highest BCUT2D eigenvalue weighted by Crippen LogP contribution is 2.43. The summed E-state index contributed by atoms with van der Waals surface area (Å²) in [6.07, 6.45) is 2.15. The number of benzene rings is 1. The summed E-state index contributed by atoms with van der Waals surface area (Å²) >= 11 is 0. The van der Waals surface area contributed by atoms with Crippen LogP contribution in [0.25, 0.3) is 22.3 Å². The van der Waals surface area contributed by atoms with Gasteiger partial charge >= 0.3 is 5.97 Å². The molecule has 1 atom stereocenters. The van der Waals surface area contributed by atoms with E-state index in [9.17, 15) is 9.59 Å². The Morgan fingerprint density at radius 2 is 2.00 bits per heavy atom. The fourth-order valence-electron chi connectivity index (χ4n) is 4.38. The SMILES string of the molecule is CCOC(=O)c1cn2c(c(F)c1=O)-c1c3cccc(OCCCOC)c3nn1CC2C(C)(C)C. The van der Waals surface area contributed by atoms with Gasteiger partial charge in [-0.15, -0.1) is 0 Å². The number of pyridine rings is 1. The van der Waals surface area contributed by atoms with Crippen molar-refractivity contribution in [1.82, 2.24) is 14.3 Å². The summed E-state index contributed by atoms with van der Waals surface area (Å²) in [4.78, 5) is 25.3. The highest BCUT2D eigenvalue weighted by molar-refractivity contribution is 5.97. The van der Waals surface area contributed by atoms with Gasteiger partial charge in [0, 0.05) is 31.7 Å². The van der Waals surface area contributed by atoms with Crippen molar-refractivity contribution in [3.05, 3.63) is 46.0 Å². The molecular weight excluding hydrogens is 441 g/mol. The number of fused-ring (bicyclic) bond motifs is 5. The number of rotatable bonds is 7. The molecule has 0 N–H and O–H groups in total. The molecule has 0 bridgehead atoms. The number of carbonyl (C=O) groups is 1. The number of halogens is 1. The van der Waals surface area contributed by atoms with Crippen LogP contribution in [-0.4, -0.2) is 47.2 Å². The molecule has 4 rings (SSSR count). The maximum Gasteiger partial charge on any atom is 0.343 e. The van der Waals surface area contributed by atoms with Crippen LogP contribution in [-0.2, 0) is 16.0 Å². The van der Waals surface area contributed by atoms with Crippen molar-refractivity contribution in [2.24, 2.45) is 5.41 Å². The van der Waals surface area contributed by atoms with Crippen LogP contribution >= 0.6 is 0 Å². The first-order valence-electron chi connectivity index (χ1n) is 11.4. The van der Waals surface area contributed by atoms with Gasteiger partial charge in [-0.1, -0.05) is 32.9 Å². The molecule has 182 valence electrons. The van der Waals surface area contributed by atoms with Gasteiger partial charge in [-0.3, -0.25) is 9.48 Å². The van der Waals surface area contributed by atoms with Crippen LogP contribution in [0.4, 0.5) is 4.39 Å². The molecule has 0 amide bonds. The molecule has 0 saturated heterocycles. The van der Waals surface area contributed by atoms with Crippen LogP contribution < -0.4 is 10.2 Å². The number of methoxy groups -OCH3 is 1. The fraction of sp³-hybridized carbons (Fsp3) is 0.480. The monoisotopic (exact) mass is 471 g/mol. The van der Waals surface area contributed by atoms with E-state index >= 15 is 4.39 Å². The Morgan fingerprint density at radius 3 is 2.68 bits per heavy atom. The van der Waals surface area contributed by atoms with Gasteiger partial charge in [0.25, 0.3) is 0 Å². The third-order valence-corrected chi connectivity index (χ3v) is 6.06. The Labute approximate surface area is 197 Å². The molecule has 3 aromatic rings. The van der Waals surface area contributed by atoms with Crippen molar-refractivity contribution in [3.63, 3.8) is 0 Å². The van der Waals surface area contributed by atoms with Crippen LogP contribution in [0.5, 0.6) is 5.75 Å². The molecule has 1 aliphatic heterocycles. The number of hydrogen-bond acceptors (Lipinski definition) is 6. The standard InChI is InChI=1S/C25H30FN3O5/c1-6-33-24(31)16-13-28-18(25(2,3)4)14-29-21(22(28)19(26)23(16)30)15-9-7-10-17(20(15)27-29)34-12-8-11-32-5/h7,9-10,13,18H,6,8,11-12,14H2,1-5H3. The van der Waals surface area contributed by atoms with E-state index < -0.39 is 17.2 Å². The molecule has 9 heteroatoms. The first-order chi connectivity index (χ1) is 16.2. The van der Waals surface area contributed by atoms with E-state index in [1.807, 2.05) is 39.0 Å². The molecule has 0 radical (unpaired) electrons. The Balaban J connectivity index is 1.93. The van der Waals surface area contributed by atoms with Crippen LogP contribution in [0.1, 0.15) is 50.5 Å². The zero-order valence-corrected chi connectivity index (χ0v) is 20.2. The van der Waals surface area contributed by atoms with Crippen LogP contribution in [0.15, 0.2) is 29.2 Å². The van der Waals surface area contributed by atoms with Gasteiger partial charge in [-0.2, -0.15) is 5.10 Å². The predicted octanol–water partition coefficient (Wildman–Crippen LogP) is 4.20. The molecule has 3 heterocycles. The molecule has 2 aromatic heterocycles. The number of aromatic nitrogens is 3. The van der Waals surface area contributed by atoms with Gasteiger partial charge in [0.1, 0.15) is 22.5 Å².